The molecule has 2 aromatic rings. The summed E-state index contributed by atoms with van der Waals surface area (Å²) in [5, 5.41) is 5.52. The van der Waals surface area contributed by atoms with Crippen molar-refractivity contribution in [3.8, 4) is 16.3 Å². The van der Waals surface area contributed by atoms with Gasteiger partial charge in [-0.15, -0.1) is 11.3 Å². The first-order chi connectivity index (χ1) is 15.1. The molecule has 0 bridgehead atoms. The van der Waals surface area contributed by atoms with Crippen LogP contribution in [0.4, 0.5) is 0 Å². The first-order valence-electron chi connectivity index (χ1n) is 10.6. The Bertz CT molecular complexity index is 847. The minimum absolute atomic E-state index is 0.00961. The number of methoxy groups -OCH3 is 1. The summed E-state index contributed by atoms with van der Waals surface area (Å²) in [6.45, 7) is 6.71. The summed E-state index contributed by atoms with van der Waals surface area (Å²) in [5.41, 5.74) is 1.44. The molecule has 0 saturated carbocycles. The van der Waals surface area contributed by atoms with Gasteiger partial charge in [-0.2, -0.15) is 0 Å². The van der Waals surface area contributed by atoms with Gasteiger partial charge in [0.1, 0.15) is 16.5 Å². The number of rotatable bonds is 10. The van der Waals surface area contributed by atoms with Gasteiger partial charge < -0.3 is 19.7 Å². The van der Waals surface area contributed by atoms with E-state index in [0.717, 1.165) is 22.7 Å². The Labute approximate surface area is 187 Å². The predicted molar refractivity (Wildman–Crippen MR) is 121 cm³/mol. The van der Waals surface area contributed by atoms with Crippen LogP contribution in [-0.4, -0.2) is 86.2 Å². The van der Waals surface area contributed by atoms with Crippen LogP contribution in [-0.2, 0) is 9.53 Å². The van der Waals surface area contributed by atoms with Gasteiger partial charge in [0.15, 0.2) is 0 Å². The molecule has 8 nitrogen and oxygen atoms in total. The molecule has 3 rings (SSSR count). The molecule has 1 aromatic heterocycles. The van der Waals surface area contributed by atoms with Crippen molar-refractivity contribution in [2.75, 3.05) is 59.6 Å². The Morgan fingerprint density at radius 1 is 1.16 bits per heavy atom. The summed E-state index contributed by atoms with van der Waals surface area (Å²) in [7, 11) is 1.65. The summed E-state index contributed by atoms with van der Waals surface area (Å²) in [6, 6.07) is 7.73. The smallest absolute Gasteiger partial charge is 0.273 e. The Kier molecular flexibility index (Phi) is 8.81. The van der Waals surface area contributed by atoms with Crippen LogP contribution in [0.25, 0.3) is 10.6 Å². The largest absolute Gasteiger partial charge is 0.494 e. The van der Waals surface area contributed by atoms with Crippen LogP contribution >= 0.6 is 11.3 Å². The standard InChI is InChI=1S/C22H30N4O4S/c1-3-30-18-7-5-17(6-8-18)21-24-19(16-31-21)22(28)26-12-10-25(11-13-26)15-20(27)23-9-4-14-29-2/h5-8,16H,3-4,9-15H2,1-2H3,(H,23,27). The molecule has 1 saturated heterocycles. The number of carbonyl (C=O) groups excluding carboxylic acids is 2. The summed E-state index contributed by atoms with van der Waals surface area (Å²) >= 11 is 1.46. The van der Waals surface area contributed by atoms with E-state index in [2.05, 4.69) is 15.2 Å². The molecule has 1 aliphatic heterocycles. The lowest BCUT2D eigenvalue weighted by Gasteiger charge is -2.33. The maximum atomic E-state index is 12.9. The van der Waals surface area contributed by atoms with E-state index >= 15 is 0 Å². The highest BCUT2D eigenvalue weighted by molar-refractivity contribution is 7.13. The zero-order valence-corrected chi connectivity index (χ0v) is 19.0. The molecule has 1 aromatic carbocycles. The van der Waals surface area contributed by atoms with Crippen LogP contribution in [0.15, 0.2) is 29.6 Å². The lowest BCUT2D eigenvalue weighted by atomic mass is 10.2. The number of benzene rings is 1. The predicted octanol–water partition coefficient (Wildman–Crippen LogP) is 2.12. The summed E-state index contributed by atoms with van der Waals surface area (Å²) in [6.07, 6.45) is 0.802. The van der Waals surface area contributed by atoms with Crippen molar-refractivity contribution in [2.45, 2.75) is 13.3 Å². The van der Waals surface area contributed by atoms with E-state index < -0.39 is 0 Å². The van der Waals surface area contributed by atoms with Gasteiger partial charge >= 0.3 is 0 Å². The normalized spacial score (nSPS) is 14.5. The number of thiazole rings is 1. The van der Waals surface area contributed by atoms with Crippen molar-refractivity contribution in [3.05, 3.63) is 35.3 Å². The van der Waals surface area contributed by atoms with Gasteiger partial charge in [0.2, 0.25) is 5.91 Å². The van der Waals surface area contributed by atoms with Gasteiger partial charge in [0.25, 0.3) is 5.91 Å². The number of aromatic nitrogens is 1. The molecular formula is C22H30N4O4S. The van der Waals surface area contributed by atoms with E-state index in [4.69, 9.17) is 9.47 Å². The van der Waals surface area contributed by atoms with Crippen LogP contribution in [0.2, 0.25) is 0 Å². The SMILES string of the molecule is CCOc1ccc(-c2nc(C(=O)N3CCN(CC(=O)NCCCOC)CC3)cs2)cc1. The van der Waals surface area contributed by atoms with Crippen LogP contribution in [0.1, 0.15) is 23.8 Å². The zero-order chi connectivity index (χ0) is 22.1. The third kappa shape index (κ3) is 6.75. The number of piperazine rings is 1. The van der Waals surface area contributed by atoms with E-state index in [1.54, 1.807) is 7.11 Å². The molecule has 168 valence electrons. The summed E-state index contributed by atoms with van der Waals surface area (Å²) < 4.78 is 10.4. The first kappa shape index (κ1) is 23.2. The third-order valence-corrected chi connectivity index (χ3v) is 5.90. The number of amides is 2. The van der Waals surface area contributed by atoms with Crippen molar-refractivity contribution < 1.29 is 19.1 Å². The lowest BCUT2D eigenvalue weighted by molar-refractivity contribution is -0.122. The Hall–Kier alpha value is -2.49. The maximum Gasteiger partial charge on any atom is 0.273 e. The van der Waals surface area contributed by atoms with E-state index in [1.165, 1.54) is 11.3 Å². The fourth-order valence-corrected chi connectivity index (χ4v) is 4.14. The van der Waals surface area contributed by atoms with E-state index in [1.807, 2.05) is 41.5 Å². The van der Waals surface area contributed by atoms with Crippen molar-refractivity contribution in [1.29, 1.82) is 0 Å². The van der Waals surface area contributed by atoms with Crippen LogP contribution in [0.5, 0.6) is 5.75 Å². The highest BCUT2D eigenvalue weighted by atomic mass is 32.1. The molecule has 1 fully saturated rings. The second-order valence-electron chi connectivity index (χ2n) is 7.26. The lowest BCUT2D eigenvalue weighted by Crippen LogP contribution is -2.51. The third-order valence-electron chi connectivity index (χ3n) is 5.01. The van der Waals surface area contributed by atoms with E-state index in [9.17, 15) is 9.59 Å². The van der Waals surface area contributed by atoms with Crippen LogP contribution in [0, 0.1) is 0 Å². The molecule has 1 N–H and O–H groups in total. The number of hydrogen-bond donors (Lipinski definition) is 1. The summed E-state index contributed by atoms with van der Waals surface area (Å²) in [5.74, 6) is 0.771. The molecule has 0 atom stereocenters. The Morgan fingerprint density at radius 3 is 2.58 bits per heavy atom. The van der Waals surface area contributed by atoms with Crippen molar-refractivity contribution in [1.82, 2.24) is 20.1 Å². The first-order valence-corrected chi connectivity index (χ1v) is 11.4. The minimum atomic E-state index is -0.0582. The van der Waals surface area contributed by atoms with Crippen molar-refractivity contribution >= 4 is 23.2 Å². The molecular weight excluding hydrogens is 416 g/mol. The molecule has 0 unspecified atom stereocenters. The summed E-state index contributed by atoms with van der Waals surface area (Å²) in [4.78, 5) is 33.3. The number of nitrogens with zero attached hydrogens (tertiary/aromatic N) is 3. The molecule has 0 spiro atoms. The number of nitrogens with one attached hydrogen (secondary N) is 1. The van der Waals surface area contributed by atoms with Crippen LogP contribution in [0.3, 0.4) is 0 Å². The van der Waals surface area contributed by atoms with Crippen molar-refractivity contribution in [2.24, 2.45) is 0 Å². The van der Waals surface area contributed by atoms with Gasteiger partial charge in [0, 0.05) is 57.4 Å². The highest BCUT2D eigenvalue weighted by Crippen LogP contribution is 2.26. The minimum Gasteiger partial charge on any atom is -0.494 e. The second kappa shape index (κ2) is 11.8. The number of carbonyl (C=O) groups is 2. The Morgan fingerprint density at radius 2 is 1.90 bits per heavy atom. The zero-order valence-electron chi connectivity index (χ0n) is 18.1. The molecule has 1 aliphatic rings. The van der Waals surface area contributed by atoms with Gasteiger partial charge in [-0.1, -0.05) is 0 Å². The van der Waals surface area contributed by atoms with Gasteiger partial charge in [-0.25, -0.2) is 4.98 Å². The van der Waals surface area contributed by atoms with Gasteiger partial charge in [-0.05, 0) is 37.6 Å². The fourth-order valence-electron chi connectivity index (χ4n) is 3.34. The second-order valence-corrected chi connectivity index (χ2v) is 8.12. The van der Waals surface area contributed by atoms with Gasteiger partial charge in [-0.3, -0.25) is 14.5 Å². The molecule has 2 amide bonds. The van der Waals surface area contributed by atoms with E-state index in [-0.39, 0.29) is 11.8 Å². The van der Waals surface area contributed by atoms with Gasteiger partial charge in [0.05, 0.1) is 13.2 Å². The monoisotopic (exact) mass is 446 g/mol. The Balaban J connectivity index is 1.47. The van der Waals surface area contributed by atoms with Crippen molar-refractivity contribution in [3.63, 3.8) is 0 Å². The molecule has 31 heavy (non-hydrogen) atoms. The molecule has 0 aliphatic carbocycles. The molecule has 9 heteroatoms. The fraction of sp³-hybridized carbons (Fsp3) is 0.500. The quantitative estimate of drug-likeness (QED) is 0.563. The average molecular weight is 447 g/mol. The topological polar surface area (TPSA) is 84.0 Å². The van der Waals surface area contributed by atoms with Crippen LogP contribution < -0.4 is 10.1 Å². The number of ether oxygens (including phenoxy) is 2. The highest BCUT2D eigenvalue weighted by Gasteiger charge is 2.25. The number of hydrogen-bond acceptors (Lipinski definition) is 7. The molecule has 0 radical (unpaired) electrons. The molecule has 2 heterocycles. The van der Waals surface area contributed by atoms with E-state index in [0.29, 0.717) is 58.2 Å². The average Bonchev–Trinajstić information content (AvgIpc) is 3.28. The maximum absolute atomic E-state index is 12.9.